The highest BCUT2D eigenvalue weighted by Crippen LogP contribution is 2.24. The van der Waals surface area contributed by atoms with Crippen LogP contribution in [0.5, 0.6) is 5.75 Å². The minimum absolute atomic E-state index is 0.0586. The van der Waals surface area contributed by atoms with Gasteiger partial charge < -0.3 is 4.74 Å². The van der Waals surface area contributed by atoms with Crippen LogP contribution in [0.3, 0.4) is 0 Å². The second-order valence-corrected chi connectivity index (χ2v) is 6.07. The predicted molar refractivity (Wildman–Crippen MR) is 98.6 cm³/mol. The molecule has 4 aromatic rings. The van der Waals surface area contributed by atoms with Crippen molar-refractivity contribution < 1.29 is 23.2 Å². The zero-order chi connectivity index (χ0) is 20.5. The van der Waals surface area contributed by atoms with Crippen molar-refractivity contribution in [2.24, 2.45) is 0 Å². The lowest BCUT2D eigenvalue weighted by Gasteiger charge is -2.06. The number of aromatic nitrogens is 2. The molecule has 9 heteroatoms. The van der Waals surface area contributed by atoms with Crippen LogP contribution in [0.1, 0.15) is 10.4 Å². The van der Waals surface area contributed by atoms with Crippen LogP contribution < -0.4 is 4.74 Å². The number of imidazole rings is 1. The normalized spacial score (nSPS) is 10.8. The lowest BCUT2D eigenvalue weighted by molar-refractivity contribution is -0.385. The van der Waals surface area contributed by atoms with Crippen LogP contribution in [-0.2, 0) is 0 Å². The highest BCUT2D eigenvalue weighted by molar-refractivity contribution is 5.91. The van der Waals surface area contributed by atoms with Crippen LogP contribution in [0.15, 0.2) is 67.0 Å². The molecule has 0 aliphatic heterocycles. The largest absolute Gasteiger partial charge is 0.423 e. The molecule has 0 unspecified atom stereocenters. The smallest absolute Gasteiger partial charge is 0.346 e. The number of carbonyl (C=O) groups excluding carboxylic acids is 1. The Labute approximate surface area is 162 Å². The standard InChI is InChI=1S/C20H11F2N3O4/c21-13-3-7-16(17(22)9-13)20(26)29-15-5-1-12(2-6-15)18-11-24-10-14(25(27)28)4-8-19(24)23-18/h1-11H. The number of hydrogen-bond donors (Lipinski definition) is 0. The molecule has 144 valence electrons. The summed E-state index contributed by atoms with van der Waals surface area (Å²) in [5.41, 5.74) is 1.35. The van der Waals surface area contributed by atoms with Crippen molar-refractivity contribution in [1.29, 1.82) is 0 Å². The molecule has 0 saturated heterocycles. The van der Waals surface area contributed by atoms with E-state index in [1.807, 2.05) is 0 Å². The van der Waals surface area contributed by atoms with Gasteiger partial charge in [0.1, 0.15) is 23.0 Å². The number of pyridine rings is 1. The van der Waals surface area contributed by atoms with Gasteiger partial charge in [0, 0.05) is 23.9 Å². The van der Waals surface area contributed by atoms with Gasteiger partial charge in [0.05, 0.1) is 22.4 Å². The summed E-state index contributed by atoms with van der Waals surface area (Å²) in [5, 5.41) is 10.9. The third kappa shape index (κ3) is 3.65. The topological polar surface area (TPSA) is 86.7 Å². The molecule has 2 aromatic heterocycles. The van der Waals surface area contributed by atoms with E-state index in [2.05, 4.69) is 4.98 Å². The van der Waals surface area contributed by atoms with Gasteiger partial charge in [-0.15, -0.1) is 0 Å². The Kier molecular flexibility index (Phi) is 4.47. The molecule has 0 atom stereocenters. The first-order chi connectivity index (χ1) is 13.9. The maximum absolute atomic E-state index is 13.7. The minimum Gasteiger partial charge on any atom is -0.423 e. The minimum atomic E-state index is -1.01. The van der Waals surface area contributed by atoms with E-state index in [0.29, 0.717) is 23.0 Å². The van der Waals surface area contributed by atoms with Gasteiger partial charge in [-0.1, -0.05) is 0 Å². The molecule has 0 radical (unpaired) electrons. The number of benzene rings is 2. The van der Waals surface area contributed by atoms with E-state index in [1.165, 1.54) is 30.5 Å². The van der Waals surface area contributed by atoms with Gasteiger partial charge >= 0.3 is 5.97 Å². The number of hydrogen-bond acceptors (Lipinski definition) is 5. The SMILES string of the molecule is O=C(Oc1ccc(-c2cn3cc([N+](=O)[O-])ccc3n2)cc1)c1ccc(F)cc1F. The second kappa shape index (κ2) is 7.12. The Balaban J connectivity index is 1.55. The predicted octanol–water partition coefficient (Wildman–Crippen LogP) is 4.41. The zero-order valence-corrected chi connectivity index (χ0v) is 14.6. The van der Waals surface area contributed by atoms with Crippen LogP contribution in [0.2, 0.25) is 0 Å². The van der Waals surface area contributed by atoms with Crippen molar-refractivity contribution >= 4 is 17.3 Å². The molecule has 0 fully saturated rings. The second-order valence-electron chi connectivity index (χ2n) is 6.07. The molecular weight excluding hydrogens is 384 g/mol. The lowest BCUT2D eigenvalue weighted by atomic mass is 10.1. The first-order valence-corrected chi connectivity index (χ1v) is 8.31. The third-order valence-corrected chi connectivity index (χ3v) is 4.16. The van der Waals surface area contributed by atoms with E-state index < -0.39 is 22.5 Å². The first kappa shape index (κ1) is 18.2. The van der Waals surface area contributed by atoms with E-state index in [1.54, 1.807) is 22.7 Å². The number of carbonyl (C=O) groups is 1. The Morgan fingerprint density at radius 2 is 1.79 bits per heavy atom. The molecule has 4 rings (SSSR count). The number of nitrogens with zero attached hydrogens (tertiary/aromatic N) is 3. The van der Waals surface area contributed by atoms with Gasteiger partial charge in [0.2, 0.25) is 0 Å². The molecule has 2 heterocycles. The van der Waals surface area contributed by atoms with Gasteiger partial charge in [-0.2, -0.15) is 0 Å². The molecule has 2 aromatic carbocycles. The summed E-state index contributed by atoms with van der Waals surface area (Å²) < 4.78 is 33.3. The summed E-state index contributed by atoms with van der Waals surface area (Å²) in [6, 6.07) is 11.8. The summed E-state index contributed by atoms with van der Waals surface area (Å²) >= 11 is 0. The molecule has 0 saturated carbocycles. The summed E-state index contributed by atoms with van der Waals surface area (Å²) in [4.78, 5) is 26.8. The van der Waals surface area contributed by atoms with Crippen LogP contribution in [0.25, 0.3) is 16.9 Å². The van der Waals surface area contributed by atoms with Crippen molar-refractivity contribution in [2.75, 3.05) is 0 Å². The maximum atomic E-state index is 13.7. The van der Waals surface area contributed by atoms with Gasteiger partial charge in [0.25, 0.3) is 5.69 Å². The fourth-order valence-electron chi connectivity index (χ4n) is 2.74. The van der Waals surface area contributed by atoms with Crippen LogP contribution in [-0.4, -0.2) is 20.3 Å². The number of nitro groups is 1. The third-order valence-electron chi connectivity index (χ3n) is 4.16. The van der Waals surface area contributed by atoms with Gasteiger partial charge in [-0.05, 0) is 42.5 Å². The number of fused-ring (bicyclic) bond motifs is 1. The zero-order valence-electron chi connectivity index (χ0n) is 14.6. The van der Waals surface area contributed by atoms with Crippen molar-refractivity contribution in [3.8, 4) is 17.0 Å². The van der Waals surface area contributed by atoms with E-state index in [9.17, 15) is 23.7 Å². The van der Waals surface area contributed by atoms with Crippen molar-refractivity contribution in [1.82, 2.24) is 9.38 Å². The van der Waals surface area contributed by atoms with Crippen molar-refractivity contribution in [2.45, 2.75) is 0 Å². The Morgan fingerprint density at radius 3 is 2.48 bits per heavy atom. The highest BCUT2D eigenvalue weighted by atomic mass is 19.1. The number of esters is 1. The lowest BCUT2D eigenvalue weighted by Crippen LogP contribution is -2.10. The molecule has 0 aliphatic rings. The Morgan fingerprint density at radius 1 is 1.03 bits per heavy atom. The Bertz CT molecular complexity index is 1250. The molecule has 0 N–H and O–H groups in total. The number of rotatable bonds is 4. The maximum Gasteiger partial charge on any atom is 0.346 e. The summed E-state index contributed by atoms with van der Waals surface area (Å²) in [6.07, 6.45) is 3.00. The van der Waals surface area contributed by atoms with Gasteiger partial charge in [-0.25, -0.2) is 18.6 Å². The molecule has 29 heavy (non-hydrogen) atoms. The molecule has 0 spiro atoms. The molecule has 0 amide bonds. The van der Waals surface area contributed by atoms with Gasteiger partial charge in [-0.3, -0.25) is 14.5 Å². The number of halogens is 2. The van der Waals surface area contributed by atoms with Crippen LogP contribution in [0.4, 0.5) is 14.5 Å². The van der Waals surface area contributed by atoms with Gasteiger partial charge in [0.15, 0.2) is 0 Å². The van der Waals surface area contributed by atoms with E-state index >= 15 is 0 Å². The highest BCUT2D eigenvalue weighted by Gasteiger charge is 2.15. The average Bonchev–Trinajstić information content (AvgIpc) is 3.11. The quantitative estimate of drug-likeness (QED) is 0.221. The van der Waals surface area contributed by atoms with Crippen molar-refractivity contribution in [3.63, 3.8) is 0 Å². The fourth-order valence-corrected chi connectivity index (χ4v) is 2.74. The van der Waals surface area contributed by atoms with Crippen LogP contribution in [0, 0.1) is 21.7 Å². The molecule has 7 nitrogen and oxygen atoms in total. The molecule has 0 aliphatic carbocycles. The summed E-state index contributed by atoms with van der Waals surface area (Å²) in [5.74, 6) is -2.58. The van der Waals surface area contributed by atoms with E-state index in [-0.39, 0.29) is 17.0 Å². The fraction of sp³-hybridized carbons (Fsp3) is 0. The van der Waals surface area contributed by atoms with Crippen LogP contribution >= 0.6 is 0 Å². The first-order valence-electron chi connectivity index (χ1n) is 8.31. The number of ether oxygens (including phenoxy) is 1. The summed E-state index contributed by atoms with van der Waals surface area (Å²) in [6.45, 7) is 0. The van der Waals surface area contributed by atoms with Crippen molar-refractivity contribution in [3.05, 3.63) is 94.3 Å². The van der Waals surface area contributed by atoms with E-state index in [4.69, 9.17) is 4.74 Å². The summed E-state index contributed by atoms with van der Waals surface area (Å²) in [7, 11) is 0. The average molecular weight is 395 g/mol. The molecule has 0 bridgehead atoms. The van der Waals surface area contributed by atoms with E-state index in [0.717, 1.165) is 12.1 Å². The monoisotopic (exact) mass is 395 g/mol. The Hall–Kier alpha value is -4.14. The molecular formula is C20H11F2N3O4.